The minimum Gasteiger partial charge on any atom is -0.350 e. The van der Waals surface area contributed by atoms with Crippen molar-refractivity contribution in [3.05, 3.63) is 41.1 Å². The smallest absolute Gasteiger partial charge is 0.252 e. The molecule has 4 rings (SSSR count). The van der Waals surface area contributed by atoms with Crippen LogP contribution in [-0.4, -0.2) is 23.5 Å². The second kappa shape index (κ2) is 7.90. The van der Waals surface area contributed by atoms with Gasteiger partial charge in [-0.3, -0.25) is 9.78 Å². The molecule has 1 atom stereocenters. The number of nitrogens with zero attached hydrogens (tertiary/aromatic N) is 1. The van der Waals surface area contributed by atoms with E-state index < -0.39 is 0 Å². The van der Waals surface area contributed by atoms with Gasteiger partial charge in [-0.15, -0.1) is 24.8 Å². The maximum Gasteiger partial charge on any atom is 0.252 e. The van der Waals surface area contributed by atoms with E-state index in [2.05, 4.69) is 17.4 Å². The van der Waals surface area contributed by atoms with Crippen molar-refractivity contribution in [1.29, 1.82) is 0 Å². The highest BCUT2D eigenvalue weighted by atomic mass is 35.5. The summed E-state index contributed by atoms with van der Waals surface area (Å²) in [7, 11) is 0. The number of nitrogens with one attached hydrogen (secondary N) is 1. The average Bonchev–Trinajstić information content (AvgIpc) is 3.41. The zero-order chi connectivity index (χ0) is 16.0. The number of rotatable bonds is 5. The molecule has 136 valence electrons. The number of carbonyl (C=O) groups is 1. The van der Waals surface area contributed by atoms with E-state index in [1.807, 2.05) is 19.1 Å². The SMILES string of the molecule is Cc1ccc2nc(C3CC3)cc(C(=O)NCC(N)C3CC3)c2c1.Cl.Cl. The van der Waals surface area contributed by atoms with Crippen molar-refractivity contribution >= 4 is 41.6 Å². The Bertz CT molecular complexity index is 773. The summed E-state index contributed by atoms with van der Waals surface area (Å²) in [4.78, 5) is 17.5. The van der Waals surface area contributed by atoms with Gasteiger partial charge in [0.2, 0.25) is 0 Å². The van der Waals surface area contributed by atoms with Gasteiger partial charge >= 0.3 is 0 Å². The van der Waals surface area contributed by atoms with Gasteiger partial charge in [-0.1, -0.05) is 11.6 Å². The van der Waals surface area contributed by atoms with E-state index in [1.165, 1.54) is 25.7 Å². The van der Waals surface area contributed by atoms with Crippen LogP contribution in [0.4, 0.5) is 0 Å². The van der Waals surface area contributed by atoms with Crippen LogP contribution in [-0.2, 0) is 0 Å². The minimum atomic E-state index is -0.0269. The van der Waals surface area contributed by atoms with Crippen LogP contribution in [0.15, 0.2) is 24.3 Å². The van der Waals surface area contributed by atoms with Gasteiger partial charge in [0.15, 0.2) is 0 Å². The number of aromatic nitrogens is 1. The molecule has 0 saturated heterocycles. The van der Waals surface area contributed by atoms with Crippen LogP contribution in [0.3, 0.4) is 0 Å². The van der Waals surface area contributed by atoms with Crippen LogP contribution >= 0.6 is 24.8 Å². The van der Waals surface area contributed by atoms with Crippen molar-refractivity contribution in [2.24, 2.45) is 11.7 Å². The van der Waals surface area contributed by atoms with Gasteiger partial charge in [0.05, 0.1) is 11.1 Å². The normalized spacial score (nSPS) is 17.4. The average molecular weight is 382 g/mol. The predicted molar refractivity (Wildman–Crippen MR) is 106 cm³/mol. The molecule has 2 saturated carbocycles. The number of nitrogens with two attached hydrogens (primary N) is 1. The van der Waals surface area contributed by atoms with E-state index in [-0.39, 0.29) is 36.8 Å². The highest BCUT2D eigenvalue weighted by molar-refractivity contribution is 6.06. The second-order valence-corrected chi connectivity index (χ2v) is 7.10. The first-order chi connectivity index (χ1) is 11.1. The molecular weight excluding hydrogens is 357 g/mol. The molecule has 2 aliphatic rings. The van der Waals surface area contributed by atoms with Gasteiger partial charge < -0.3 is 11.1 Å². The molecule has 0 bridgehead atoms. The fourth-order valence-electron chi connectivity index (χ4n) is 3.13. The number of aryl methyl sites for hydroxylation is 1. The van der Waals surface area contributed by atoms with Crippen LogP contribution in [0.1, 0.15) is 53.2 Å². The fraction of sp³-hybridized carbons (Fsp3) is 0.474. The highest BCUT2D eigenvalue weighted by Gasteiger charge is 2.29. The van der Waals surface area contributed by atoms with E-state index in [0.717, 1.165) is 27.7 Å². The third-order valence-electron chi connectivity index (χ3n) is 4.95. The summed E-state index contributed by atoms with van der Waals surface area (Å²) in [5.41, 5.74) is 9.95. The fourth-order valence-corrected chi connectivity index (χ4v) is 3.13. The molecule has 2 fully saturated rings. The number of hydrogen-bond acceptors (Lipinski definition) is 3. The standard InChI is InChI=1S/C19H23N3O.2ClH/c1-11-2-7-17-14(8-11)15(9-18(22-17)13-5-6-13)19(23)21-10-16(20)12-3-4-12;;/h2,7-9,12-13,16H,3-6,10,20H2,1H3,(H,21,23);2*1H. The predicted octanol–water partition coefficient (Wildman–Crippen LogP) is 3.73. The molecular formula is C19H25Cl2N3O. The summed E-state index contributed by atoms with van der Waals surface area (Å²) in [6, 6.07) is 8.18. The number of hydrogen-bond donors (Lipinski definition) is 2. The zero-order valence-corrected chi connectivity index (χ0v) is 16.0. The topological polar surface area (TPSA) is 68.0 Å². The Morgan fingerprint density at radius 3 is 2.60 bits per heavy atom. The maximum absolute atomic E-state index is 12.7. The van der Waals surface area contributed by atoms with Crippen molar-refractivity contribution in [2.45, 2.75) is 44.6 Å². The lowest BCUT2D eigenvalue weighted by molar-refractivity contribution is 0.0952. The van der Waals surface area contributed by atoms with E-state index in [1.54, 1.807) is 0 Å². The maximum atomic E-state index is 12.7. The van der Waals surface area contributed by atoms with Crippen molar-refractivity contribution < 1.29 is 4.79 Å². The Morgan fingerprint density at radius 1 is 1.24 bits per heavy atom. The first-order valence-electron chi connectivity index (χ1n) is 8.57. The molecule has 3 N–H and O–H groups in total. The molecule has 2 aromatic rings. The van der Waals surface area contributed by atoms with E-state index in [9.17, 15) is 4.79 Å². The lowest BCUT2D eigenvalue weighted by Gasteiger charge is -2.14. The third kappa shape index (κ3) is 4.43. The first kappa shape index (κ1) is 20.0. The number of amides is 1. The van der Waals surface area contributed by atoms with Crippen molar-refractivity contribution in [3.8, 4) is 0 Å². The lowest BCUT2D eigenvalue weighted by Crippen LogP contribution is -2.38. The lowest BCUT2D eigenvalue weighted by atomic mass is 10.0. The van der Waals surface area contributed by atoms with Crippen LogP contribution < -0.4 is 11.1 Å². The van der Waals surface area contributed by atoms with Crippen molar-refractivity contribution in [2.75, 3.05) is 6.54 Å². The quantitative estimate of drug-likeness (QED) is 0.828. The van der Waals surface area contributed by atoms with E-state index in [0.29, 0.717) is 18.4 Å². The monoisotopic (exact) mass is 381 g/mol. The Kier molecular flexibility index (Phi) is 6.30. The molecule has 2 aliphatic carbocycles. The van der Waals surface area contributed by atoms with Gasteiger partial charge in [0, 0.05) is 29.6 Å². The largest absolute Gasteiger partial charge is 0.350 e. The molecule has 1 amide bonds. The van der Waals surface area contributed by atoms with Gasteiger partial charge in [-0.05, 0) is 56.7 Å². The van der Waals surface area contributed by atoms with Crippen LogP contribution in [0, 0.1) is 12.8 Å². The van der Waals surface area contributed by atoms with Crippen LogP contribution in [0.25, 0.3) is 10.9 Å². The number of carbonyl (C=O) groups excluding carboxylic acids is 1. The van der Waals surface area contributed by atoms with E-state index in [4.69, 9.17) is 10.7 Å². The molecule has 1 unspecified atom stereocenters. The van der Waals surface area contributed by atoms with E-state index >= 15 is 0 Å². The Balaban J connectivity index is 0.00000113. The summed E-state index contributed by atoms with van der Waals surface area (Å²) in [5.74, 6) is 1.09. The first-order valence-corrected chi connectivity index (χ1v) is 8.57. The van der Waals surface area contributed by atoms with Gasteiger partial charge in [-0.2, -0.15) is 0 Å². The van der Waals surface area contributed by atoms with Gasteiger partial charge in [-0.25, -0.2) is 0 Å². The molecule has 0 spiro atoms. The molecule has 1 aromatic carbocycles. The Labute approximate surface area is 160 Å². The number of pyridine rings is 1. The molecule has 4 nitrogen and oxygen atoms in total. The molecule has 0 radical (unpaired) electrons. The molecule has 1 heterocycles. The molecule has 6 heteroatoms. The summed E-state index contributed by atoms with van der Waals surface area (Å²) in [5, 5.41) is 3.96. The summed E-state index contributed by atoms with van der Waals surface area (Å²) < 4.78 is 0. The van der Waals surface area contributed by atoms with Crippen molar-refractivity contribution in [3.63, 3.8) is 0 Å². The number of halogens is 2. The Morgan fingerprint density at radius 2 is 1.96 bits per heavy atom. The van der Waals surface area contributed by atoms with Crippen LogP contribution in [0.2, 0.25) is 0 Å². The molecule has 0 aliphatic heterocycles. The number of fused-ring (bicyclic) bond motifs is 1. The Hall–Kier alpha value is -1.36. The van der Waals surface area contributed by atoms with Gasteiger partial charge in [0.25, 0.3) is 5.91 Å². The second-order valence-electron chi connectivity index (χ2n) is 7.10. The van der Waals surface area contributed by atoms with Crippen molar-refractivity contribution in [1.82, 2.24) is 10.3 Å². The summed E-state index contributed by atoms with van der Waals surface area (Å²) in [6.07, 6.45) is 4.75. The minimum absolute atomic E-state index is 0. The summed E-state index contributed by atoms with van der Waals surface area (Å²) in [6.45, 7) is 2.59. The zero-order valence-electron chi connectivity index (χ0n) is 14.3. The number of benzene rings is 1. The summed E-state index contributed by atoms with van der Waals surface area (Å²) >= 11 is 0. The highest BCUT2D eigenvalue weighted by Crippen LogP contribution is 2.40. The third-order valence-corrected chi connectivity index (χ3v) is 4.95. The van der Waals surface area contributed by atoms with Gasteiger partial charge in [0.1, 0.15) is 0 Å². The molecule has 1 aromatic heterocycles. The molecule has 25 heavy (non-hydrogen) atoms. The van der Waals surface area contributed by atoms with Crippen LogP contribution in [0.5, 0.6) is 0 Å².